The third-order valence-electron chi connectivity index (χ3n) is 6.85. The van der Waals surface area contributed by atoms with Crippen LogP contribution in [0.5, 0.6) is 0 Å². The van der Waals surface area contributed by atoms with Crippen LogP contribution in [0.4, 0.5) is 0 Å². The minimum Gasteiger partial charge on any atom is -0.390 e. The first-order chi connectivity index (χ1) is 10.5. The zero-order valence-electron chi connectivity index (χ0n) is 15.3. The molecular weight excluding hydrogens is 288 g/mol. The van der Waals surface area contributed by atoms with E-state index in [1.54, 1.807) is 6.92 Å². The predicted octanol–water partition coefficient (Wildman–Crippen LogP) is 3.44. The summed E-state index contributed by atoms with van der Waals surface area (Å²) in [6.07, 6.45) is 5.73. The second kappa shape index (κ2) is 6.02. The molecule has 6 atom stereocenters. The van der Waals surface area contributed by atoms with E-state index in [1.165, 1.54) is 0 Å². The van der Waals surface area contributed by atoms with Crippen LogP contribution in [0.25, 0.3) is 0 Å². The minimum atomic E-state index is -1.30. The van der Waals surface area contributed by atoms with Gasteiger partial charge in [-0.2, -0.15) is 0 Å². The van der Waals surface area contributed by atoms with Gasteiger partial charge in [0.25, 0.3) is 0 Å². The van der Waals surface area contributed by atoms with E-state index < -0.39 is 17.8 Å². The van der Waals surface area contributed by atoms with Crippen LogP contribution in [0.2, 0.25) is 0 Å². The quantitative estimate of drug-likeness (QED) is 0.698. The van der Waals surface area contributed by atoms with Crippen LogP contribution in [0.3, 0.4) is 0 Å². The van der Waals surface area contributed by atoms with E-state index in [4.69, 9.17) is 0 Å². The Labute approximate surface area is 141 Å². The Kier molecular flexibility index (Phi) is 4.89. The third kappa shape index (κ3) is 2.92. The first-order valence-corrected chi connectivity index (χ1v) is 8.86. The Hall–Kier alpha value is -0.640. The SMILES string of the molecule is C=C/C(C)=C/C[C@@H]1[C@@]2(C)CCCC(C)(C)[C@@H]2C(O)C(O)[C@@]1(C)O. The smallest absolute Gasteiger partial charge is 0.109 e. The maximum Gasteiger partial charge on any atom is 0.109 e. The lowest BCUT2D eigenvalue weighted by Crippen LogP contribution is -2.69. The molecule has 0 heterocycles. The van der Waals surface area contributed by atoms with Gasteiger partial charge in [0.15, 0.2) is 0 Å². The fourth-order valence-corrected chi connectivity index (χ4v) is 5.67. The van der Waals surface area contributed by atoms with Gasteiger partial charge in [-0.15, -0.1) is 0 Å². The Bertz CT molecular complexity index is 491. The number of hydrogen-bond donors (Lipinski definition) is 3. The zero-order chi connectivity index (χ0) is 17.6. The fraction of sp³-hybridized carbons (Fsp3) is 0.800. The molecule has 0 aromatic heterocycles. The number of allylic oxidation sites excluding steroid dienone is 3. The number of rotatable bonds is 3. The summed E-state index contributed by atoms with van der Waals surface area (Å²) in [7, 11) is 0. The van der Waals surface area contributed by atoms with Gasteiger partial charge in [-0.1, -0.05) is 51.5 Å². The predicted molar refractivity (Wildman–Crippen MR) is 93.9 cm³/mol. The number of aliphatic hydroxyl groups excluding tert-OH is 2. The van der Waals surface area contributed by atoms with Gasteiger partial charge in [0.1, 0.15) is 6.10 Å². The van der Waals surface area contributed by atoms with Crippen LogP contribution < -0.4 is 0 Å². The van der Waals surface area contributed by atoms with E-state index in [1.807, 2.05) is 13.0 Å². The molecular formula is C20H34O3. The van der Waals surface area contributed by atoms with Gasteiger partial charge in [-0.05, 0) is 55.8 Å². The summed E-state index contributed by atoms with van der Waals surface area (Å²) in [6.45, 7) is 14.0. The molecule has 0 saturated heterocycles. The average molecular weight is 322 g/mol. The van der Waals surface area contributed by atoms with Gasteiger partial charge in [-0.3, -0.25) is 0 Å². The largest absolute Gasteiger partial charge is 0.390 e. The fourth-order valence-electron chi connectivity index (χ4n) is 5.67. The molecule has 0 spiro atoms. The number of aliphatic hydroxyl groups is 3. The van der Waals surface area contributed by atoms with E-state index >= 15 is 0 Å². The van der Waals surface area contributed by atoms with Crippen LogP contribution in [0, 0.1) is 22.7 Å². The van der Waals surface area contributed by atoms with Crippen LogP contribution in [0.1, 0.15) is 60.3 Å². The van der Waals surface area contributed by atoms with Crippen molar-refractivity contribution >= 4 is 0 Å². The molecule has 0 bridgehead atoms. The Balaban J connectivity index is 2.49. The van der Waals surface area contributed by atoms with Gasteiger partial charge >= 0.3 is 0 Å². The molecule has 2 aliphatic rings. The van der Waals surface area contributed by atoms with Crippen molar-refractivity contribution in [2.45, 2.75) is 78.1 Å². The topological polar surface area (TPSA) is 60.7 Å². The molecule has 2 aliphatic carbocycles. The Morgan fingerprint density at radius 3 is 2.35 bits per heavy atom. The molecule has 0 amide bonds. The molecule has 2 fully saturated rings. The second-order valence-corrected chi connectivity index (χ2v) is 8.93. The maximum absolute atomic E-state index is 11.1. The highest BCUT2D eigenvalue weighted by Gasteiger charge is 2.64. The summed E-state index contributed by atoms with van der Waals surface area (Å²) in [5.41, 5.74) is -0.450. The van der Waals surface area contributed by atoms with E-state index in [2.05, 4.69) is 33.4 Å². The van der Waals surface area contributed by atoms with Gasteiger partial charge in [-0.25, -0.2) is 0 Å². The standard InChI is InChI=1S/C20H34O3/c1-7-13(2)9-10-14-19(5)12-8-11-18(3,4)16(19)15(21)17(22)20(14,6)23/h7,9,14-17,21-23H,1,8,10-12H2,2-6H3/b13-9+/t14-,15?,16+,17?,19-,20+/m1/s1. The van der Waals surface area contributed by atoms with Crippen molar-refractivity contribution in [3.05, 3.63) is 24.3 Å². The van der Waals surface area contributed by atoms with Crippen molar-refractivity contribution in [1.29, 1.82) is 0 Å². The maximum atomic E-state index is 11.1. The van der Waals surface area contributed by atoms with E-state index in [0.29, 0.717) is 6.42 Å². The van der Waals surface area contributed by atoms with Crippen LogP contribution in [-0.4, -0.2) is 33.1 Å². The molecule has 0 aromatic carbocycles. The zero-order valence-corrected chi connectivity index (χ0v) is 15.3. The summed E-state index contributed by atoms with van der Waals surface area (Å²) in [5.74, 6) is -0.103. The third-order valence-corrected chi connectivity index (χ3v) is 6.85. The minimum absolute atomic E-state index is 0.0126. The van der Waals surface area contributed by atoms with Crippen molar-refractivity contribution in [1.82, 2.24) is 0 Å². The summed E-state index contributed by atoms with van der Waals surface area (Å²) in [5, 5.41) is 32.5. The van der Waals surface area contributed by atoms with Gasteiger partial charge in [0.2, 0.25) is 0 Å². The molecule has 3 N–H and O–H groups in total. The number of hydrogen-bond acceptors (Lipinski definition) is 3. The molecule has 2 unspecified atom stereocenters. The van der Waals surface area contributed by atoms with Crippen molar-refractivity contribution < 1.29 is 15.3 Å². The molecule has 2 rings (SSSR count). The summed E-state index contributed by atoms with van der Waals surface area (Å²) >= 11 is 0. The van der Waals surface area contributed by atoms with Crippen LogP contribution in [0.15, 0.2) is 24.3 Å². The lowest BCUT2D eigenvalue weighted by molar-refractivity contribution is -0.265. The summed E-state index contributed by atoms with van der Waals surface area (Å²) < 4.78 is 0. The lowest BCUT2D eigenvalue weighted by atomic mass is 9.43. The average Bonchev–Trinajstić information content (AvgIpc) is 2.43. The molecule has 0 aromatic rings. The number of fused-ring (bicyclic) bond motifs is 1. The first-order valence-electron chi connectivity index (χ1n) is 8.86. The molecule has 0 radical (unpaired) electrons. The van der Waals surface area contributed by atoms with Crippen molar-refractivity contribution in [3.8, 4) is 0 Å². The molecule has 0 aliphatic heterocycles. The van der Waals surface area contributed by atoms with Crippen LogP contribution in [-0.2, 0) is 0 Å². The van der Waals surface area contributed by atoms with E-state index in [0.717, 1.165) is 24.8 Å². The van der Waals surface area contributed by atoms with Crippen molar-refractivity contribution in [2.24, 2.45) is 22.7 Å². The molecule has 3 nitrogen and oxygen atoms in total. The Morgan fingerprint density at radius 1 is 1.17 bits per heavy atom. The van der Waals surface area contributed by atoms with E-state index in [-0.39, 0.29) is 22.7 Å². The van der Waals surface area contributed by atoms with Crippen molar-refractivity contribution in [3.63, 3.8) is 0 Å². The molecule has 132 valence electrons. The highest BCUT2D eigenvalue weighted by molar-refractivity contribution is 5.18. The van der Waals surface area contributed by atoms with Gasteiger partial charge in [0, 0.05) is 0 Å². The van der Waals surface area contributed by atoms with E-state index in [9.17, 15) is 15.3 Å². The van der Waals surface area contributed by atoms with Gasteiger partial charge < -0.3 is 15.3 Å². The van der Waals surface area contributed by atoms with Crippen LogP contribution >= 0.6 is 0 Å². The molecule has 23 heavy (non-hydrogen) atoms. The second-order valence-electron chi connectivity index (χ2n) is 8.93. The monoisotopic (exact) mass is 322 g/mol. The lowest BCUT2D eigenvalue weighted by Gasteiger charge is -2.64. The first kappa shape index (κ1) is 18.7. The molecule has 2 saturated carbocycles. The Morgan fingerprint density at radius 2 is 1.78 bits per heavy atom. The van der Waals surface area contributed by atoms with Gasteiger partial charge in [0.05, 0.1) is 11.7 Å². The van der Waals surface area contributed by atoms with Crippen molar-refractivity contribution in [2.75, 3.05) is 0 Å². The molecule has 3 heteroatoms. The summed E-state index contributed by atoms with van der Waals surface area (Å²) in [6, 6.07) is 0. The highest BCUT2D eigenvalue weighted by Crippen LogP contribution is 2.62. The summed E-state index contributed by atoms with van der Waals surface area (Å²) in [4.78, 5) is 0. The highest BCUT2D eigenvalue weighted by atomic mass is 16.4. The normalized spacial score (nSPS) is 47.0.